The topological polar surface area (TPSA) is 40.5 Å². The number of carbonyl (C=O) groups excluding carboxylic acids is 1. The van der Waals surface area contributed by atoms with E-state index in [-0.39, 0.29) is 12.5 Å². The van der Waals surface area contributed by atoms with Gasteiger partial charge in [0.1, 0.15) is 0 Å². The maximum atomic E-state index is 11.9. The number of benzene rings is 2. The van der Waals surface area contributed by atoms with E-state index in [1.165, 1.54) is 0 Å². The lowest BCUT2D eigenvalue weighted by Crippen LogP contribution is -2.26. The second-order valence-corrected chi connectivity index (χ2v) is 4.31. The molecule has 0 saturated heterocycles. The molecule has 3 nitrogen and oxygen atoms in total. The van der Waals surface area contributed by atoms with E-state index in [1.54, 1.807) is 11.9 Å². The summed E-state index contributed by atoms with van der Waals surface area (Å²) in [5.41, 5.74) is 0.886. The molecular weight excluding hydrogens is 226 g/mol. The van der Waals surface area contributed by atoms with Crippen LogP contribution in [-0.2, 0) is 4.79 Å². The Morgan fingerprint density at radius 2 is 1.89 bits per heavy atom. The maximum absolute atomic E-state index is 11.9. The van der Waals surface area contributed by atoms with Gasteiger partial charge >= 0.3 is 0 Å². The van der Waals surface area contributed by atoms with Crippen LogP contribution in [0.25, 0.3) is 10.8 Å². The average Bonchev–Trinajstić information content (AvgIpc) is 2.43. The van der Waals surface area contributed by atoms with Crippen molar-refractivity contribution in [2.24, 2.45) is 0 Å². The highest BCUT2D eigenvalue weighted by molar-refractivity contribution is 5.95. The number of aliphatic hydroxyl groups excluding tert-OH is 1. The number of aliphatic hydroxyl groups is 1. The number of amides is 1. The Morgan fingerprint density at radius 1 is 1.17 bits per heavy atom. The molecule has 0 unspecified atom stereocenters. The van der Waals surface area contributed by atoms with Gasteiger partial charge in [0, 0.05) is 25.8 Å². The number of fused-ring (bicyclic) bond motifs is 1. The summed E-state index contributed by atoms with van der Waals surface area (Å²) < 4.78 is 0. The van der Waals surface area contributed by atoms with Crippen LogP contribution in [0.1, 0.15) is 12.8 Å². The van der Waals surface area contributed by atoms with Gasteiger partial charge in [-0.2, -0.15) is 0 Å². The third-order valence-corrected chi connectivity index (χ3v) is 3.04. The van der Waals surface area contributed by atoms with E-state index in [0.717, 1.165) is 16.5 Å². The van der Waals surface area contributed by atoms with Crippen molar-refractivity contribution in [3.8, 4) is 0 Å². The van der Waals surface area contributed by atoms with Gasteiger partial charge in [-0.3, -0.25) is 4.79 Å². The highest BCUT2D eigenvalue weighted by Crippen LogP contribution is 2.21. The Kier molecular flexibility index (Phi) is 3.95. The van der Waals surface area contributed by atoms with Crippen LogP contribution in [0.15, 0.2) is 42.5 Å². The molecule has 1 amide bonds. The van der Waals surface area contributed by atoms with Gasteiger partial charge in [0.05, 0.1) is 0 Å². The van der Waals surface area contributed by atoms with E-state index in [0.29, 0.717) is 12.8 Å². The summed E-state index contributed by atoms with van der Waals surface area (Å²) in [4.78, 5) is 13.5. The van der Waals surface area contributed by atoms with E-state index < -0.39 is 0 Å². The summed E-state index contributed by atoms with van der Waals surface area (Å²) in [6.45, 7) is 0.0529. The normalized spacial score (nSPS) is 10.6. The van der Waals surface area contributed by atoms with E-state index >= 15 is 0 Å². The van der Waals surface area contributed by atoms with Gasteiger partial charge in [-0.15, -0.1) is 0 Å². The standard InChI is InChI=1S/C15H17NO2/c1-16(15(18)7-4-10-17)14-9-8-12-5-2-3-6-13(12)11-14/h2-3,5-6,8-9,11,17H,4,7,10H2,1H3. The smallest absolute Gasteiger partial charge is 0.226 e. The lowest BCUT2D eigenvalue weighted by molar-refractivity contribution is -0.118. The summed E-state index contributed by atoms with van der Waals surface area (Å²) in [5, 5.41) is 11.0. The molecule has 2 rings (SSSR count). The Labute approximate surface area is 107 Å². The molecule has 0 saturated carbocycles. The van der Waals surface area contributed by atoms with E-state index in [9.17, 15) is 4.79 Å². The van der Waals surface area contributed by atoms with Crippen LogP contribution in [0.2, 0.25) is 0 Å². The van der Waals surface area contributed by atoms with E-state index in [1.807, 2.05) is 42.5 Å². The molecule has 0 aliphatic carbocycles. The van der Waals surface area contributed by atoms with Crippen LogP contribution in [-0.4, -0.2) is 24.7 Å². The summed E-state index contributed by atoms with van der Waals surface area (Å²) in [5.74, 6) is 0.0272. The molecule has 0 fully saturated rings. The van der Waals surface area contributed by atoms with Gasteiger partial charge in [0.2, 0.25) is 5.91 Å². The molecule has 2 aromatic carbocycles. The quantitative estimate of drug-likeness (QED) is 0.896. The molecule has 0 atom stereocenters. The summed E-state index contributed by atoms with van der Waals surface area (Å²) >= 11 is 0. The molecule has 0 aromatic heterocycles. The molecule has 3 heteroatoms. The molecule has 18 heavy (non-hydrogen) atoms. The molecule has 2 aromatic rings. The van der Waals surface area contributed by atoms with Gasteiger partial charge in [-0.05, 0) is 29.3 Å². The fraction of sp³-hybridized carbons (Fsp3) is 0.267. The monoisotopic (exact) mass is 243 g/mol. The van der Waals surface area contributed by atoms with Crippen molar-refractivity contribution in [1.82, 2.24) is 0 Å². The fourth-order valence-corrected chi connectivity index (χ4v) is 1.93. The SMILES string of the molecule is CN(C(=O)CCCO)c1ccc2ccccc2c1. The fourth-order valence-electron chi connectivity index (χ4n) is 1.93. The van der Waals surface area contributed by atoms with Gasteiger partial charge < -0.3 is 10.0 Å². The van der Waals surface area contributed by atoms with Crippen molar-refractivity contribution in [2.45, 2.75) is 12.8 Å². The third-order valence-electron chi connectivity index (χ3n) is 3.04. The largest absolute Gasteiger partial charge is 0.396 e. The number of hydrogen-bond donors (Lipinski definition) is 1. The van der Waals surface area contributed by atoms with Crippen LogP contribution in [0.5, 0.6) is 0 Å². The predicted octanol–water partition coefficient (Wildman–Crippen LogP) is 2.58. The summed E-state index contributed by atoms with van der Waals surface area (Å²) in [6.07, 6.45) is 0.885. The first-order chi connectivity index (χ1) is 8.72. The predicted molar refractivity (Wildman–Crippen MR) is 73.7 cm³/mol. The first-order valence-electron chi connectivity index (χ1n) is 6.08. The second kappa shape index (κ2) is 5.65. The van der Waals surface area contributed by atoms with Gasteiger partial charge in [0.25, 0.3) is 0 Å². The first-order valence-corrected chi connectivity index (χ1v) is 6.08. The number of rotatable bonds is 4. The molecule has 0 aliphatic heterocycles. The first kappa shape index (κ1) is 12.6. The van der Waals surface area contributed by atoms with Gasteiger partial charge in [-0.1, -0.05) is 30.3 Å². The summed E-state index contributed by atoms with van der Waals surface area (Å²) in [6, 6.07) is 14.0. The molecule has 0 aliphatic rings. The molecule has 1 N–H and O–H groups in total. The number of carbonyl (C=O) groups is 1. The third kappa shape index (κ3) is 2.68. The molecule has 0 heterocycles. The molecule has 0 radical (unpaired) electrons. The van der Waals surface area contributed by atoms with Crippen LogP contribution in [0, 0.1) is 0 Å². The zero-order valence-corrected chi connectivity index (χ0v) is 10.5. The zero-order chi connectivity index (χ0) is 13.0. The number of anilines is 1. The van der Waals surface area contributed by atoms with Gasteiger partial charge in [-0.25, -0.2) is 0 Å². The minimum absolute atomic E-state index is 0.0272. The van der Waals surface area contributed by atoms with Crippen LogP contribution in [0.4, 0.5) is 5.69 Å². The van der Waals surface area contributed by atoms with Crippen LogP contribution < -0.4 is 4.90 Å². The minimum atomic E-state index is 0.0272. The van der Waals surface area contributed by atoms with Crippen molar-refractivity contribution in [3.05, 3.63) is 42.5 Å². The lowest BCUT2D eigenvalue weighted by Gasteiger charge is -2.17. The Morgan fingerprint density at radius 3 is 2.61 bits per heavy atom. The van der Waals surface area contributed by atoms with Crippen molar-refractivity contribution in [1.29, 1.82) is 0 Å². The molecule has 0 spiro atoms. The van der Waals surface area contributed by atoms with E-state index in [2.05, 4.69) is 0 Å². The Balaban J connectivity index is 2.22. The lowest BCUT2D eigenvalue weighted by atomic mass is 10.1. The van der Waals surface area contributed by atoms with Crippen molar-refractivity contribution >= 4 is 22.4 Å². The molecular formula is C15H17NO2. The summed E-state index contributed by atoms with van der Waals surface area (Å²) in [7, 11) is 1.77. The number of nitrogens with zero attached hydrogens (tertiary/aromatic N) is 1. The van der Waals surface area contributed by atoms with Crippen LogP contribution >= 0.6 is 0 Å². The number of hydrogen-bond acceptors (Lipinski definition) is 2. The second-order valence-electron chi connectivity index (χ2n) is 4.31. The highest BCUT2D eigenvalue weighted by Gasteiger charge is 2.10. The van der Waals surface area contributed by atoms with Crippen molar-refractivity contribution < 1.29 is 9.90 Å². The van der Waals surface area contributed by atoms with Crippen molar-refractivity contribution in [3.63, 3.8) is 0 Å². The maximum Gasteiger partial charge on any atom is 0.226 e. The van der Waals surface area contributed by atoms with Crippen LogP contribution in [0.3, 0.4) is 0 Å². The van der Waals surface area contributed by atoms with Gasteiger partial charge in [0.15, 0.2) is 0 Å². The molecule has 94 valence electrons. The van der Waals surface area contributed by atoms with Crippen molar-refractivity contribution in [2.75, 3.05) is 18.6 Å². The highest BCUT2D eigenvalue weighted by atomic mass is 16.3. The molecule has 0 bridgehead atoms. The minimum Gasteiger partial charge on any atom is -0.396 e. The average molecular weight is 243 g/mol. The Hall–Kier alpha value is -1.87. The zero-order valence-electron chi connectivity index (χ0n) is 10.5. The van der Waals surface area contributed by atoms with E-state index in [4.69, 9.17) is 5.11 Å². The Bertz CT molecular complexity index is 551.